The normalized spacial score (nSPS) is 11.6. The molecule has 10 heteroatoms. The summed E-state index contributed by atoms with van der Waals surface area (Å²) in [5.41, 5.74) is 2.55. The number of para-hydroxylation sites is 1. The van der Waals surface area contributed by atoms with Crippen LogP contribution in [0.3, 0.4) is 0 Å². The Morgan fingerprint density at radius 1 is 1.03 bits per heavy atom. The lowest BCUT2D eigenvalue weighted by Gasteiger charge is -2.12. The second kappa shape index (κ2) is 11.8. The Kier molecular flexibility index (Phi) is 8.53. The topological polar surface area (TPSA) is 80.3 Å². The number of rotatable bonds is 8. The fourth-order valence-electron chi connectivity index (χ4n) is 3.26. The number of nitrogens with one attached hydrogen (secondary N) is 2. The van der Waals surface area contributed by atoms with Crippen LogP contribution in [0.1, 0.15) is 17.3 Å². The molecule has 0 radical (unpaired) electrons. The lowest BCUT2D eigenvalue weighted by molar-refractivity contribution is -0.115. The Morgan fingerprint density at radius 3 is 2.50 bits per heavy atom. The maximum atomic E-state index is 12.7. The lowest BCUT2D eigenvalue weighted by atomic mass is 10.1. The molecule has 3 aromatic carbocycles. The van der Waals surface area contributed by atoms with Crippen molar-refractivity contribution in [3.63, 3.8) is 0 Å². The highest BCUT2D eigenvalue weighted by atomic mass is 35.5. The molecule has 184 valence electrons. The molecule has 2 amide bonds. The van der Waals surface area contributed by atoms with Crippen LogP contribution >= 0.6 is 46.3 Å². The van der Waals surface area contributed by atoms with Crippen LogP contribution < -0.4 is 15.4 Å². The molecule has 1 aromatic heterocycles. The van der Waals surface area contributed by atoms with Crippen molar-refractivity contribution in [2.24, 2.45) is 0 Å². The summed E-state index contributed by atoms with van der Waals surface area (Å²) in [6.07, 6.45) is 0. The van der Waals surface area contributed by atoms with E-state index in [-0.39, 0.29) is 22.1 Å². The number of hydrogen-bond donors (Lipinski definition) is 2. The predicted octanol–water partition coefficient (Wildman–Crippen LogP) is 7.50. The molecule has 1 unspecified atom stereocenters. The smallest absolute Gasteiger partial charge is 0.257 e. The van der Waals surface area contributed by atoms with Gasteiger partial charge < -0.3 is 15.4 Å². The molecule has 6 nitrogen and oxygen atoms in total. The molecule has 0 spiro atoms. The van der Waals surface area contributed by atoms with Gasteiger partial charge in [0.2, 0.25) is 5.91 Å². The first kappa shape index (κ1) is 26.0. The number of nitrogens with zero attached hydrogens (tertiary/aromatic N) is 1. The molecule has 1 heterocycles. The number of carbonyl (C=O) groups excluding carboxylic acids is 2. The Bertz CT molecular complexity index is 1390. The Balaban J connectivity index is 1.34. The molecule has 4 rings (SSSR count). The van der Waals surface area contributed by atoms with Gasteiger partial charge in [0.15, 0.2) is 5.13 Å². The summed E-state index contributed by atoms with van der Waals surface area (Å²) in [7, 11) is 1.61. The highest BCUT2D eigenvalue weighted by Gasteiger charge is 2.18. The number of thioether (sulfide) groups is 1. The first-order chi connectivity index (χ1) is 17.3. The summed E-state index contributed by atoms with van der Waals surface area (Å²) in [6, 6.07) is 19.5. The van der Waals surface area contributed by atoms with E-state index >= 15 is 0 Å². The third-order valence-electron chi connectivity index (χ3n) is 5.09. The van der Waals surface area contributed by atoms with Crippen molar-refractivity contribution in [2.45, 2.75) is 17.1 Å². The molecule has 0 saturated carbocycles. The Labute approximate surface area is 227 Å². The molecule has 0 aliphatic rings. The van der Waals surface area contributed by atoms with Crippen LogP contribution in [-0.4, -0.2) is 29.2 Å². The van der Waals surface area contributed by atoms with Gasteiger partial charge in [0.05, 0.1) is 28.6 Å². The first-order valence-corrected chi connectivity index (χ1v) is 13.3. The zero-order valence-corrected chi connectivity index (χ0v) is 22.4. The molecule has 4 aromatic rings. The van der Waals surface area contributed by atoms with E-state index in [2.05, 4.69) is 15.6 Å². The van der Waals surface area contributed by atoms with Gasteiger partial charge in [-0.15, -0.1) is 23.1 Å². The van der Waals surface area contributed by atoms with E-state index in [0.717, 1.165) is 21.9 Å². The van der Waals surface area contributed by atoms with Gasteiger partial charge in [-0.05, 0) is 61.5 Å². The molecule has 0 aliphatic carbocycles. The number of halogens is 2. The fraction of sp³-hybridized carbons (Fsp3) is 0.115. The highest BCUT2D eigenvalue weighted by Crippen LogP contribution is 2.32. The minimum atomic E-state index is -0.364. The number of anilines is 2. The number of aromatic nitrogens is 1. The van der Waals surface area contributed by atoms with Gasteiger partial charge in [-0.1, -0.05) is 35.3 Å². The number of amides is 2. The van der Waals surface area contributed by atoms with E-state index in [1.807, 2.05) is 48.7 Å². The standard InChI is InChI=1S/C26H21Cl2N3O3S2/c1-15(24(32)31-26-30-22(14-35-26)20-5-3-4-6-23(20)34-2)36-18-10-8-17(9-11-18)29-25(33)19-12-7-16(27)13-21(19)28/h3-15H,1-2H3,(H,29,33)(H,30,31,32). The van der Waals surface area contributed by atoms with Gasteiger partial charge in [-0.25, -0.2) is 4.98 Å². The van der Waals surface area contributed by atoms with Crippen LogP contribution in [0.5, 0.6) is 5.75 Å². The second-order valence-electron chi connectivity index (χ2n) is 7.59. The van der Waals surface area contributed by atoms with E-state index in [4.69, 9.17) is 27.9 Å². The van der Waals surface area contributed by atoms with Crippen molar-refractivity contribution in [1.82, 2.24) is 4.98 Å². The zero-order chi connectivity index (χ0) is 25.7. The summed E-state index contributed by atoms with van der Waals surface area (Å²) in [5.74, 6) is 0.233. The molecular formula is C26H21Cl2N3O3S2. The van der Waals surface area contributed by atoms with Crippen LogP contribution in [0.4, 0.5) is 10.8 Å². The summed E-state index contributed by atoms with van der Waals surface area (Å²) < 4.78 is 5.40. The predicted molar refractivity (Wildman–Crippen MR) is 149 cm³/mol. The van der Waals surface area contributed by atoms with Crippen LogP contribution in [0.25, 0.3) is 11.3 Å². The molecule has 2 N–H and O–H groups in total. The van der Waals surface area contributed by atoms with E-state index in [1.54, 1.807) is 31.4 Å². The van der Waals surface area contributed by atoms with E-state index in [9.17, 15) is 9.59 Å². The minimum Gasteiger partial charge on any atom is -0.496 e. The van der Waals surface area contributed by atoms with Crippen molar-refractivity contribution in [2.75, 3.05) is 17.7 Å². The van der Waals surface area contributed by atoms with E-state index in [0.29, 0.717) is 21.4 Å². The summed E-state index contributed by atoms with van der Waals surface area (Å²) >= 11 is 14.8. The number of benzene rings is 3. The lowest BCUT2D eigenvalue weighted by Crippen LogP contribution is -2.22. The van der Waals surface area contributed by atoms with E-state index < -0.39 is 0 Å². The Hall–Kier alpha value is -3.04. The van der Waals surface area contributed by atoms with Gasteiger partial charge in [0, 0.05) is 26.5 Å². The van der Waals surface area contributed by atoms with E-state index in [1.165, 1.54) is 29.2 Å². The first-order valence-electron chi connectivity index (χ1n) is 10.8. The summed E-state index contributed by atoms with van der Waals surface area (Å²) in [5, 5.41) is 8.47. The van der Waals surface area contributed by atoms with Crippen LogP contribution in [0, 0.1) is 0 Å². The largest absolute Gasteiger partial charge is 0.496 e. The van der Waals surface area contributed by atoms with Crippen molar-refractivity contribution in [1.29, 1.82) is 0 Å². The van der Waals surface area contributed by atoms with Crippen molar-refractivity contribution >= 4 is 68.9 Å². The highest BCUT2D eigenvalue weighted by molar-refractivity contribution is 8.00. The molecule has 0 aliphatic heterocycles. The maximum absolute atomic E-state index is 12.7. The molecule has 0 bridgehead atoms. The van der Waals surface area contributed by atoms with Gasteiger partial charge in [-0.3, -0.25) is 9.59 Å². The third kappa shape index (κ3) is 6.39. The van der Waals surface area contributed by atoms with Crippen molar-refractivity contribution < 1.29 is 14.3 Å². The molecule has 0 saturated heterocycles. The number of carbonyl (C=O) groups is 2. The number of thiazole rings is 1. The molecule has 36 heavy (non-hydrogen) atoms. The van der Waals surface area contributed by atoms with Crippen molar-refractivity contribution in [3.8, 4) is 17.0 Å². The van der Waals surface area contributed by atoms with Crippen LogP contribution in [0.2, 0.25) is 10.0 Å². The minimum absolute atomic E-state index is 0.157. The molecular weight excluding hydrogens is 537 g/mol. The number of methoxy groups -OCH3 is 1. The van der Waals surface area contributed by atoms with Crippen molar-refractivity contribution in [3.05, 3.63) is 87.7 Å². The average Bonchev–Trinajstić information content (AvgIpc) is 3.33. The van der Waals surface area contributed by atoms with Gasteiger partial charge >= 0.3 is 0 Å². The number of ether oxygens (including phenoxy) is 1. The fourth-order valence-corrected chi connectivity index (χ4v) is 5.34. The van der Waals surface area contributed by atoms with Crippen LogP contribution in [0.15, 0.2) is 77.0 Å². The SMILES string of the molecule is COc1ccccc1-c1csc(NC(=O)C(C)Sc2ccc(NC(=O)c3ccc(Cl)cc3Cl)cc2)n1. The van der Waals surface area contributed by atoms with Gasteiger partial charge in [0.25, 0.3) is 5.91 Å². The summed E-state index contributed by atoms with van der Waals surface area (Å²) in [6.45, 7) is 1.83. The Morgan fingerprint density at radius 2 is 1.78 bits per heavy atom. The summed E-state index contributed by atoms with van der Waals surface area (Å²) in [4.78, 5) is 30.7. The third-order valence-corrected chi connectivity index (χ3v) is 7.50. The quantitative estimate of drug-likeness (QED) is 0.219. The number of hydrogen-bond acceptors (Lipinski definition) is 6. The monoisotopic (exact) mass is 557 g/mol. The average molecular weight is 559 g/mol. The molecule has 0 fully saturated rings. The van der Waals surface area contributed by atoms with Gasteiger partial charge in [-0.2, -0.15) is 0 Å². The zero-order valence-electron chi connectivity index (χ0n) is 19.2. The maximum Gasteiger partial charge on any atom is 0.257 e. The molecule has 1 atom stereocenters. The second-order valence-corrected chi connectivity index (χ2v) is 10.7. The van der Waals surface area contributed by atoms with Gasteiger partial charge in [0.1, 0.15) is 5.75 Å². The van der Waals surface area contributed by atoms with Crippen LogP contribution in [-0.2, 0) is 4.79 Å².